The average molecular weight is 418 g/mol. The summed E-state index contributed by atoms with van der Waals surface area (Å²) >= 11 is 0. The topological polar surface area (TPSA) is 17.0 Å². The van der Waals surface area contributed by atoms with E-state index in [2.05, 4.69) is 98.1 Å². The minimum atomic E-state index is -0.479. The first-order valence-electron chi connectivity index (χ1n) is 10.7. The van der Waals surface area contributed by atoms with Crippen LogP contribution >= 0.6 is 7.92 Å². The molecule has 2 nitrogen and oxygen atoms in total. The highest BCUT2D eigenvalue weighted by molar-refractivity contribution is 7.73. The number of para-hydroxylation sites is 1. The lowest BCUT2D eigenvalue weighted by molar-refractivity contribution is -0.659. The molecule has 6 aromatic rings. The predicted molar refractivity (Wildman–Crippen MR) is 132 cm³/mol. The smallest absolute Gasteiger partial charge is 0.221 e. The highest BCUT2D eigenvalue weighted by Crippen LogP contribution is 2.47. The Morgan fingerprint density at radius 3 is 2.45 bits per heavy atom. The van der Waals surface area contributed by atoms with Crippen molar-refractivity contribution in [3.05, 3.63) is 78.5 Å². The first-order valence-corrected chi connectivity index (χ1v) is 12.5. The van der Waals surface area contributed by atoms with Gasteiger partial charge in [-0.05, 0) is 66.7 Å². The highest BCUT2D eigenvalue weighted by Gasteiger charge is 2.33. The summed E-state index contributed by atoms with van der Waals surface area (Å²) in [5.41, 5.74) is 6.06. The minimum absolute atomic E-state index is 0.479. The summed E-state index contributed by atoms with van der Waals surface area (Å²) in [7, 11) is 1.69. The van der Waals surface area contributed by atoms with E-state index in [9.17, 15) is 0 Å². The SMILES string of the molecule is Cc1c2c(cc3ccccc13)P(C)c1cc3c4ccccc4oc3c3cc[n+](C)c-2c13. The van der Waals surface area contributed by atoms with E-state index >= 15 is 0 Å². The third kappa shape index (κ3) is 2.13. The fourth-order valence-corrected chi connectivity index (χ4v) is 7.57. The van der Waals surface area contributed by atoms with Gasteiger partial charge >= 0.3 is 0 Å². The van der Waals surface area contributed by atoms with Gasteiger partial charge in [-0.3, -0.25) is 0 Å². The van der Waals surface area contributed by atoms with E-state index in [0.29, 0.717) is 0 Å². The van der Waals surface area contributed by atoms with Crippen LogP contribution in [0.1, 0.15) is 5.56 Å². The number of furan rings is 1. The molecule has 1 aliphatic rings. The van der Waals surface area contributed by atoms with E-state index < -0.39 is 7.92 Å². The van der Waals surface area contributed by atoms with Crippen LogP contribution in [0.2, 0.25) is 0 Å². The number of benzene rings is 4. The molecule has 4 aromatic carbocycles. The maximum atomic E-state index is 6.41. The lowest BCUT2D eigenvalue weighted by Crippen LogP contribution is -2.36. The zero-order valence-electron chi connectivity index (χ0n) is 17.7. The second-order valence-electron chi connectivity index (χ2n) is 8.61. The van der Waals surface area contributed by atoms with E-state index in [0.717, 1.165) is 11.2 Å². The summed E-state index contributed by atoms with van der Waals surface area (Å²) in [5.74, 6) is 0. The molecule has 0 fully saturated rings. The van der Waals surface area contributed by atoms with Crippen molar-refractivity contribution in [3.8, 4) is 11.3 Å². The number of hydrogen-bond acceptors (Lipinski definition) is 1. The fraction of sp³-hybridized carbons (Fsp3) is 0.107. The Morgan fingerprint density at radius 2 is 1.58 bits per heavy atom. The van der Waals surface area contributed by atoms with Crippen LogP contribution in [0.25, 0.3) is 54.7 Å². The molecule has 0 spiro atoms. The Morgan fingerprint density at radius 1 is 0.806 bits per heavy atom. The van der Waals surface area contributed by atoms with Crippen LogP contribution < -0.4 is 15.2 Å². The van der Waals surface area contributed by atoms with Crippen molar-refractivity contribution >= 4 is 62.0 Å². The maximum absolute atomic E-state index is 6.41. The molecule has 3 heterocycles. The standard InChI is InChI=1S/C28H21NOP/c1-16-18-9-5-4-8-17(18)14-23-25(16)27-26-20(12-13-29(27)2)28-21(15-24(26)31(23)3)19-10-6-7-11-22(19)30-28/h4-15H,1-3H3/q+1. The number of rotatable bonds is 0. The maximum Gasteiger partial charge on any atom is 0.221 e. The Kier molecular flexibility index (Phi) is 3.34. The molecule has 0 bridgehead atoms. The van der Waals surface area contributed by atoms with Gasteiger partial charge in [-0.2, -0.15) is 0 Å². The molecule has 0 N–H and O–H groups in total. The van der Waals surface area contributed by atoms with Crippen LogP contribution in [0.5, 0.6) is 0 Å². The van der Waals surface area contributed by atoms with Crippen molar-refractivity contribution in [2.75, 3.05) is 6.66 Å². The molecule has 1 unspecified atom stereocenters. The predicted octanol–water partition coefficient (Wildman–Crippen LogP) is 6.07. The Hall–Kier alpha value is -3.22. The second kappa shape index (κ2) is 5.93. The van der Waals surface area contributed by atoms with E-state index in [4.69, 9.17) is 4.42 Å². The van der Waals surface area contributed by atoms with Gasteiger partial charge in [0.05, 0.1) is 10.9 Å². The number of hydrogen-bond donors (Lipinski definition) is 0. The van der Waals surface area contributed by atoms with E-state index in [1.54, 1.807) is 0 Å². The average Bonchev–Trinajstić information content (AvgIpc) is 3.17. The van der Waals surface area contributed by atoms with Gasteiger partial charge in [-0.15, -0.1) is 0 Å². The fourth-order valence-electron chi connectivity index (χ4n) is 5.48. The molecule has 0 radical (unpaired) electrons. The van der Waals surface area contributed by atoms with Gasteiger partial charge in [0.1, 0.15) is 18.2 Å². The van der Waals surface area contributed by atoms with Crippen LogP contribution in [-0.4, -0.2) is 6.66 Å². The van der Waals surface area contributed by atoms with Crippen molar-refractivity contribution in [2.45, 2.75) is 6.92 Å². The molecule has 2 aromatic heterocycles. The third-order valence-electron chi connectivity index (χ3n) is 6.99. The molecular weight excluding hydrogens is 397 g/mol. The van der Waals surface area contributed by atoms with Crippen LogP contribution in [0.4, 0.5) is 0 Å². The zero-order chi connectivity index (χ0) is 20.9. The van der Waals surface area contributed by atoms with Gasteiger partial charge < -0.3 is 4.42 Å². The molecule has 3 heteroatoms. The molecule has 31 heavy (non-hydrogen) atoms. The molecule has 0 amide bonds. The minimum Gasteiger partial charge on any atom is -0.455 e. The van der Waals surface area contributed by atoms with Gasteiger partial charge in [0.2, 0.25) is 5.69 Å². The first-order chi connectivity index (χ1) is 15.1. The van der Waals surface area contributed by atoms with E-state index in [1.807, 2.05) is 0 Å². The summed E-state index contributed by atoms with van der Waals surface area (Å²) in [6, 6.07) is 24.3. The van der Waals surface area contributed by atoms with Gasteiger partial charge in [-0.25, -0.2) is 4.57 Å². The highest BCUT2D eigenvalue weighted by atomic mass is 31.1. The lowest BCUT2D eigenvalue weighted by atomic mass is 9.94. The van der Waals surface area contributed by atoms with E-state index in [1.165, 1.54) is 59.7 Å². The van der Waals surface area contributed by atoms with Crippen LogP contribution in [0.15, 0.2) is 77.3 Å². The molecule has 1 aliphatic heterocycles. The van der Waals surface area contributed by atoms with Crippen LogP contribution in [0.3, 0.4) is 0 Å². The second-order valence-corrected chi connectivity index (χ2v) is 10.7. The molecule has 0 saturated carbocycles. The monoisotopic (exact) mass is 418 g/mol. The lowest BCUT2D eigenvalue weighted by Gasteiger charge is -2.26. The number of aromatic nitrogens is 1. The molecule has 7 rings (SSSR count). The largest absolute Gasteiger partial charge is 0.455 e. The van der Waals surface area contributed by atoms with Crippen molar-refractivity contribution in [1.82, 2.24) is 0 Å². The molecule has 0 aliphatic carbocycles. The molecule has 148 valence electrons. The van der Waals surface area contributed by atoms with E-state index in [-0.39, 0.29) is 0 Å². The van der Waals surface area contributed by atoms with Crippen LogP contribution in [-0.2, 0) is 7.05 Å². The Bertz CT molecular complexity index is 1730. The van der Waals surface area contributed by atoms with Crippen LogP contribution in [0, 0.1) is 6.92 Å². The summed E-state index contributed by atoms with van der Waals surface area (Å²) in [4.78, 5) is 0. The number of pyridine rings is 1. The Balaban J connectivity index is 1.74. The summed E-state index contributed by atoms with van der Waals surface area (Å²) in [5, 5.41) is 10.6. The van der Waals surface area contributed by atoms with Gasteiger partial charge in [0, 0.05) is 22.2 Å². The molecule has 0 saturated heterocycles. The normalized spacial score (nSPS) is 15.3. The molecular formula is C28H21NOP+. The van der Waals surface area contributed by atoms with Gasteiger partial charge in [0.15, 0.2) is 6.20 Å². The van der Waals surface area contributed by atoms with Gasteiger partial charge in [0.25, 0.3) is 0 Å². The summed E-state index contributed by atoms with van der Waals surface area (Å²) in [6.45, 7) is 4.70. The molecule has 1 atom stereocenters. The number of aryl methyl sites for hydroxylation is 2. The first kappa shape index (κ1) is 17.5. The third-order valence-corrected chi connectivity index (χ3v) is 9.14. The quantitative estimate of drug-likeness (QED) is 0.216. The van der Waals surface area contributed by atoms with Crippen molar-refractivity contribution in [1.29, 1.82) is 0 Å². The summed E-state index contributed by atoms with van der Waals surface area (Å²) in [6.07, 6.45) is 2.19. The van der Waals surface area contributed by atoms with Crippen molar-refractivity contribution in [2.24, 2.45) is 7.05 Å². The number of nitrogens with zero attached hydrogens (tertiary/aromatic N) is 1. The van der Waals surface area contributed by atoms with Gasteiger partial charge in [-0.1, -0.05) is 42.5 Å². The number of fused-ring (bicyclic) bond motifs is 7. The summed E-state index contributed by atoms with van der Waals surface area (Å²) < 4.78 is 8.70. The van der Waals surface area contributed by atoms with Crippen molar-refractivity contribution in [3.63, 3.8) is 0 Å². The zero-order valence-corrected chi connectivity index (χ0v) is 18.6. The Labute approximate surface area is 181 Å². The van der Waals surface area contributed by atoms with Crippen molar-refractivity contribution < 1.29 is 8.98 Å².